The van der Waals surface area contributed by atoms with Crippen molar-refractivity contribution in [3.8, 4) is 17.2 Å². The van der Waals surface area contributed by atoms with Crippen LogP contribution in [0.15, 0.2) is 41.4 Å². The summed E-state index contributed by atoms with van der Waals surface area (Å²) in [6, 6.07) is 7.72. The summed E-state index contributed by atoms with van der Waals surface area (Å²) in [5.74, 6) is -3.71. The van der Waals surface area contributed by atoms with Crippen LogP contribution in [0.2, 0.25) is 0 Å². The molecule has 3 N–H and O–H groups in total. The second-order valence-corrected chi connectivity index (χ2v) is 12.9. The first-order chi connectivity index (χ1) is 18.5. The van der Waals surface area contributed by atoms with Crippen LogP contribution in [0.3, 0.4) is 0 Å². The maximum absolute atomic E-state index is 14.3. The number of aliphatic carboxylic acids is 1. The van der Waals surface area contributed by atoms with Crippen molar-refractivity contribution in [2.24, 2.45) is 22.5 Å². The number of carboxylic acid groups (broad SMARTS) is 1. The third-order valence-corrected chi connectivity index (χ3v) is 10.1. The van der Waals surface area contributed by atoms with Gasteiger partial charge in [-0.3, -0.25) is 14.6 Å². The average molecular weight is 580 g/mol. The number of nitriles is 1. The molecule has 0 saturated heterocycles. The van der Waals surface area contributed by atoms with E-state index >= 15 is 0 Å². The average Bonchev–Trinajstić information content (AvgIpc) is 3.50. The van der Waals surface area contributed by atoms with Gasteiger partial charge in [0.25, 0.3) is 0 Å². The van der Waals surface area contributed by atoms with E-state index in [0.717, 1.165) is 12.1 Å². The number of primary amides is 1. The van der Waals surface area contributed by atoms with Gasteiger partial charge in [0.05, 0.1) is 34.0 Å². The molecule has 0 bridgehead atoms. The second-order valence-electron chi connectivity index (χ2n) is 10.7. The third-order valence-electron chi connectivity index (χ3n) is 7.93. The molecule has 13 heteroatoms. The van der Waals surface area contributed by atoms with Gasteiger partial charge in [0, 0.05) is 17.8 Å². The van der Waals surface area contributed by atoms with Gasteiger partial charge in [-0.05, 0) is 75.4 Å². The molecule has 1 aromatic heterocycles. The lowest BCUT2D eigenvalue weighted by Gasteiger charge is -2.33. The summed E-state index contributed by atoms with van der Waals surface area (Å²) >= 11 is 0. The first kappa shape index (κ1) is 29.5. The number of sulfone groups is 1. The Bertz CT molecular complexity index is 1520. The molecule has 1 amide bonds. The van der Waals surface area contributed by atoms with Crippen molar-refractivity contribution < 1.29 is 41.0 Å². The number of rotatable bonds is 8. The van der Waals surface area contributed by atoms with E-state index in [1.807, 2.05) is 0 Å². The standard InChI is InChI=1S/C27H28F3N3O6S/c1-14(2)39-22-10-18(11-26(22,24(35)36)21-12-25(21,13-31)23(32)34)40(37,38)20-5-4-16(9-19(20)27(28,29)30)17-6-7-33-15(3)8-17/h4-9,14,18,21-22H,10-12H2,1-3H3,(H2,32,34)(H,35,36)/t18-,21?,22+,25?,26+/m1/s1. The number of halogens is 3. The van der Waals surface area contributed by atoms with Gasteiger partial charge < -0.3 is 15.6 Å². The highest BCUT2D eigenvalue weighted by Gasteiger charge is 2.75. The maximum Gasteiger partial charge on any atom is 0.417 e. The molecule has 1 aromatic carbocycles. The van der Waals surface area contributed by atoms with E-state index in [2.05, 4.69) is 4.98 Å². The van der Waals surface area contributed by atoms with Crippen LogP contribution < -0.4 is 5.73 Å². The van der Waals surface area contributed by atoms with Crippen molar-refractivity contribution in [2.45, 2.75) is 68.6 Å². The Labute approximate surface area is 229 Å². The summed E-state index contributed by atoms with van der Waals surface area (Å²) in [6.07, 6.45) is -6.80. The number of pyridine rings is 1. The Morgan fingerprint density at radius 1 is 1.20 bits per heavy atom. The van der Waals surface area contributed by atoms with E-state index in [4.69, 9.17) is 10.5 Å². The Kier molecular flexibility index (Phi) is 7.26. The Hall–Kier alpha value is -3.50. The maximum atomic E-state index is 14.3. The number of benzene rings is 1. The number of ether oxygens (including phenoxy) is 1. The zero-order valence-corrected chi connectivity index (χ0v) is 22.7. The molecule has 5 atom stereocenters. The fourth-order valence-corrected chi connectivity index (χ4v) is 7.96. The van der Waals surface area contributed by atoms with E-state index in [1.54, 1.807) is 32.9 Å². The van der Waals surface area contributed by atoms with Crippen molar-refractivity contribution in [3.05, 3.63) is 47.8 Å². The number of carbonyl (C=O) groups is 2. The van der Waals surface area contributed by atoms with Crippen LogP contribution in [0.1, 0.15) is 44.4 Å². The molecule has 0 aliphatic heterocycles. The van der Waals surface area contributed by atoms with Crippen LogP contribution >= 0.6 is 0 Å². The smallest absolute Gasteiger partial charge is 0.417 e. The van der Waals surface area contributed by atoms with Gasteiger partial charge in [-0.1, -0.05) is 6.07 Å². The number of nitrogens with two attached hydrogens (primary N) is 1. The van der Waals surface area contributed by atoms with Gasteiger partial charge in [-0.2, -0.15) is 18.4 Å². The fraction of sp³-hybridized carbons (Fsp3) is 0.481. The first-order valence-corrected chi connectivity index (χ1v) is 14.0. The highest BCUT2D eigenvalue weighted by Crippen LogP contribution is 2.67. The minimum absolute atomic E-state index is 0.127. The third kappa shape index (κ3) is 4.73. The van der Waals surface area contributed by atoms with Crippen molar-refractivity contribution in [1.82, 2.24) is 4.98 Å². The molecule has 2 aliphatic rings. The van der Waals surface area contributed by atoms with Crippen LogP contribution in [0.25, 0.3) is 11.1 Å². The number of nitrogens with zero attached hydrogens (tertiary/aromatic N) is 2. The zero-order chi connectivity index (χ0) is 29.8. The molecular weight excluding hydrogens is 551 g/mol. The molecule has 0 radical (unpaired) electrons. The predicted molar refractivity (Wildman–Crippen MR) is 135 cm³/mol. The Morgan fingerprint density at radius 2 is 1.85 bits per heavy atom. The normalized spacial score (nSPS) is 28.3. The van der Waals surface area contributed by atoms with Gasteiger partial charge in [0.1, 0.15) is 10.8 Å². The molecule has 40 heavy (non-hydrogen) atoms. The molecule has 2 unspecified atom stereocenters. The molecular formula is C27H28F3N3O6S. The minimum Gasteiger partial charge on any atom is -0.481 e. The molecule has 0 spiro atoms. The van der Waals surface area contributed by atoms with E-state index < -0.39 is 85.4 Å². The first-order valence-electron chi connectivity index (χ1n) is 12.5. The van der Waals surface area contributed by atoms with Crippen molar-refractivity contribution in [3.63, 3.8) is 0 Å². The second kappa shape index (κ2) is 9.85. The summed E-state index contributed by atoms with van der Waals surface area (Å²) in [5, 5.41) is 18.4. The molecule has 2 fully saturated rings. The number of hydrogen-bond acceptors (Lipinski definition) is 7. The SMILES string of the molecule is Cc1cc(-c2ccc(S(=O)(=O)[C@@H]3C[C@H](OC(C)C)[C@@](C(=O)O)(C4CC4(C#N)C(N)=O)C3)c(C(F)(F)F)c2)ccn1. The summed E-state index contributed by atoms with van der Waals surface area (Å²) in [7, 11) is -4.78. The Balaban J connectivity index is 1.82. The summed E-state index contributed by atoms with van der Waals surface area (Å²) in [6.45, 7) is 4.85. The van der Waals surface area contributed by atoms with E-state index in [1.165, 1.54) is 18.3 Å². The lowest BCUT2D eigenvalue weighted by molar-refractivity contribution is -0.163. The molecule has 4 rings (SSSR count). The highest BCUT2D eigenvalue weighted by atomic mass is 32.2. The summed E-state index contributed by atoms with van der Waals surface area (Å²) < 4.78 is 76.3. The van der Waals surface area contributed by atoms with Crippen LogP contribution in [0.5, 0.6) is 0 Å². The molecule has 1 heterocycles. The predicted octanol–water partition coefficient (Wildman–Crippen LogP) is 3.89. The van der Waals surface area contributed by atoms with Crippen LogP contribution in [0.4, 0.5) is 13.2 Å². The van der Waals surface area contributed by atoms with Crippen LogP contribution in [-0.4, -0.2) is 47.8 Å². The summed E-state index contributed by atoms with van der Waals surface area (Å²) in [4.78, 5) is 27.9. The molecule has 214 valence electrons. The quantitative estimate of drug-likeness (QED) is 0.476. The number of hydrogen-bond donors (Lipinski definition) is 2. The number of aromatic nitrogens is 1. The minimum atomic E-state index is -5.05. The van der Waals surface area contributed by atoms with Gasteiger partial charge >= 0.3 is 12.1 Å². The monoisotopic (exact) mass is 579 g/mol. The lowest BCUT2D eigenvalue weighted by atomic mass is 9.75. The van der Waals surface area contributed by atoms with Gasteiger partial charge in [0.2, 0.25) is 5.91 Å². The largest absolute Gasteiger partial charge is 0.481 e. The molecule has 9 nitrogen and oxygen atoms in total. The van der Waals surface area contributed by atoms with Crippen LogP contribution in [-0.2, 0) is 30.3 Å². The number of carboxylic acids is 1. The van der Waals surface area contributed by atoms with E-state index in [9.17, 15) is 41.5 Å². The van der Waals surface area contributed by atoms with Gasteiger partial charge in [-0.15, -0.1) is 0 Å². The molecule has 2 aliphatic carbocycles. The van der Waals surface area contributed by atoms with Gasteiger partial charge in [0.15, 0.2) is 9.84 Å². The highest BCUT2D eigenvalue weighted by molar-refractivity contribution is 7.92. The van der Waals surface area contributed by atoms with Crippen molar-refractivity contribution in [1.29, 1.82) is 5.26 Å². The number of alkyl halides is 3. The van der Waals surface area contributed by atoms with E-state index in [-0.39, 0.29) is 12.0 Å². The van der Waals surface area contributed by atoms with Crippen LogP contribution in [0, 0.1) is 35.0 Å². The molecule has 2 saturated carbocycles. The Morgan fingerprint density at radius 3 is 2.35 bits per heavy atom. The number of amides is 1. The van der Waals surface area contributed by atoms with Crippen molar-refractivity contribution in [2.75, 3.05) is 0 Å². The fourth-order valence-electron chi connectivity index (χ4n) is 5.94. The van der Waals surface area contributed by atoms with E-state index in [0.29, 0.717) is 11.3 Å². The lowest BCUT2D eigenvalue weighted by Crippen LogP contribution is -2.45. The summed E-state index contributed by atoms with van der Waals surface area (Å²) in [5.41, 5.74) is 1.26. The number of aryl methyl sites for hydroxylation is 1. The molecule has 2 aromatic rings. The van der Waals surface area contributed by atoms with Crippen molar-refractivity contribution >= 4 is 21.7 Å². The van der Waals surface area contributed by atoms with Gasteiger partial charge in [-0.25, -0.2) is 8.42 Å². The number of carbonyl (C=O) groups excluding carboxylic acids is 1. The zero-order valence-electron chi connectivity index (χ0n) is 21.9. The topological polar surface area (TPSA) is 160 Å².